The first-order valence-corrected chi connectivity index (χ1v) is 10.5. The second-order valence-electron chi connectivity index (χ2n) is 7.57. The van der Waals surface area contributed by atoms with Gasteiger partial charge in [0.1, 0.15) is 0 Å². The van der Waals surface area contributed by atoms with Gasteiger partial charge in [-0.2, -0.15) is 13.2 Å². The second-order valence-corrected chi connectivity index (χ2v) is 8.85. The van der Waals surface area contributed by atoms with E-state index in [4.69, 9.17) is 40.3 Å². The van der Waals surface area contributed by atoms with E-state index in [1.165, 1.54) is 18.2 Å². The zero-order valence-corrected chi connectivity index (χ0v) is 19.2. The van der Waals surface area contributed by atoms with E-state index in [2.05, 4.69) is 15.8 Å². The summed E-state index contributed by atoms with van der Waals surface area (Å²) in [7, 11) is 0. The molecular weight excluding hydrogens is 470 g/mol. The Kier molecular flexibility index (Phi) is 6.74. The van der Waals surface area contributed by atoms with Crippen molar-refractivity contribution in [3.8, 4) is 0 Å². The summed E-state index contributed by atoms with van der Waals surface area (Å²) in [6, 6.07) is 9.07. The molecule has 0 aliphatic carbocycles. The highest BCUT2D eigenvalue weighted by molar-refractivity contribution is 7.80. The average molecular weight is 490 g/mol. The monoisotopic (exact) mass is 489 g/mol. The molecule has 1 aliphatic rings. The summed E-state index contributed by atoms with van der Waals surface area (Å²) in [4.78, 5) is 5.05. The van der Waals surface area contributed by atoms with Gasteiger partial charge >= 0.3 is 6.18 Å². The van der Waals surface area contributed by atoms with Crippen molar-refractivity contribution in [1.82, 2.24) is 5.32 Å². The molecule has 2 aromatic rings. The Hall–Kier alpha value is -2.03. The minimum absolute atomic E-state index is 0.0837. The van der Waals surface area contributed by atoms with E-state index < -0.39 is 18.2 Å². The zero-order chi connectivity index (χ0) is 23.0. The molecule has 0 bridgehead atoms. The Bertz CT molecular complexity index is 1020. The summed E-state index contributed by atoms with van der Waals surface area (Å²) < 4.78 is 42.4. The van der Waals surface area contributed by atoms with Crippen molar-refractivity contribution in [3.05, 3.63) is 63.1 Å². The standard InChI is InChI=1S/C21H20Cl2F3N3OS/c1-11(2)27-19(31)28-17-5-4-13(6-12(17)3)18-10-20(30-29-18,21(24,25)26)14-7-15(22)9-16(23)8-14/h4-9,11H,10H2,1-3H3,(H2,27,28,31). The quantitative estimate of drug-likeness (QED) is 0.476. The maximum Gasteiger partial charge on any atom is 0.435 e. The number of thiocarbonyl (C=S) groups is 1. The molecule has 2 aromatic carbocycles. The van der Waals surface area contributed by atoms with Crippen molar-refractivity contribution < 1.29 is 18.0 Å². The first-order chi connectivity index (χ1) is 14.4. The third-order valence-corrected chi connectivity index (χ3v) is 5.40. The van der Waals surface area contributed by atoms with Crippen LogP contribution in [0.5, 0.6) is 0 Å². The van der Waals surface area contributed by atoms with Crippen LogP contribution in [0.4, 0.5) is 18.9 Å². The van der Waals surface area contributed by atoms with E-state index in [1.807, 2.05) is 20.8 Å². The van der Waals surface area contributed by atoms with Crippen LogP contribution < -0.4 is 10.6 Å². The lowest BCUT2D eigenvalue weighted by atomic mass is 9.86. The van der Waals surface area contributed by atoms with Crippen LogP contribution in [0.3, 0.4) is 0 Å². The molecule has 0 fully saturated rings. The smallest absolute Gasteiger partial charge is 0.374 e. The third-order valence-electron chi connectivity index (χ3n) is 4.74. The molecule has 2 N–H and O–H groups in total. The summed E-state index contributed by atoms with van der Waals surface area (Å²) >= 11 is 17.1. The Morgan fingerprint density at radius 1 is 1.16 bits per heavy atom. The molecule has 1 heterocycles. The number of hydrogen-bond acceptors (Lipinski definition) is 3. The lowest BCUT2D eigenvalue weighted by molar-refractivity contribution is -0.275. The highest BCUT2D eigenvalue weighted by Gasteiger charge is 2.62. The minimum Gasteiger partial charge on any atom is -0.374 e. The number of nitrogens with one attached hydrogen (secondary N) is 2. The van der Waals surface area contributed by atoms with Gasteiger partial charge in [0.05, 0.1) is 5.71 Å². The average Bonchev–Trinajstić information content (AvgIpc) is 3.08. The van der Waals surface area contributed by atoms with Gasteiger partial charge in [0.15, 0.2) is 5.11 Å². The maximum atomic E-state index is 14.1. The largest absolute Gasteiger partial charge is 0.435 e. The molecule has 0 amide bonds. The number of aryl methyl sites for hydroxylation is 1. The van der Waals surface area contributed by atoms with Gasteiger partial charge in [-0.3, -0.25) is 0 Å². The molecule has 4 nitrogen and oxygen atoms in total. The Morgan fingerprint density at radius 2 is 1.81 bits per heavy atom. The lowest BCUT2D eigenvalue weighted by Gasteiger charge is -2.29. The van der Waals surface area contributed by atoms with Crippen molar-refractivity contribution in [2.45, 2.75) is 45.0 Å². The van der Waals surface area contributed by atoms with Crippen LogP contribution in [0.15, 0.2) is 41.6 Å². The van der Waals surface area contributed by atoms with Crippen molar-refractivity contribution in [3.63, 3.8) is 0 Å². The molecule has 1 aliphatic heterocycles. The molecule has 1 atom stereocenters. The van der Waals surface area contributed by atoms with E-state index in [0.717, 1.165) is 11.3 Å². The highest BCUT2D eigenvalue weighted by Crippen LogP contribution is 2.49. The van der Waals surface area contributed by atoms with Gasteiger partial charge in [0.2, 0.25) is 0 Å². The minimum atomic E-state index is -4.74. The number of oxime groups is 1. The molecule has 1 unspecified atom stereocenters. The van der Waals surface area contributed by atoms with Crippen LogP contribution in [0, 0.1) is 6.92 Å². The molecule has 3 rings (SSSR count). The fourth-order valence-electron chi connectivity index (χ4n) is 3.25. The van der Waals surface area contributed by atoms with Gasteiger partial charge in [-0.15, -0.1) is 0 Å². The van der Waals surface area contributed by atoms with Gasteiger partial charge in [-0.05, 0) is 74.4 Å². The highest BCUT2D eigenvalue weighted by atomic mass is 35.5. The molecule has 31 heavy (non-hydrogen) atoms. The number of benzene rings is 2. The summed E-state index contributed by atoms with van der Waals surface area (Å²) in [5.74, 6) is 0. The summed E-state index contributed by atoms with van der Waals surface area (Å²) in [5.41, 5.74) is -0.634. The Labute approximate surface area is 193 Å². The van der Waals surface area contributed by atoms with Crippen LogP contribution in [0.25, 0.3) is 0 Å². The zero-order valence-electron chi connectivity index (χ0n) is 16.9. The van der Waals surface area contributed by atoms with Crippen LogP contribution >= 0.6 is 35.4 Å². The predicted octanol–water partition coefficient (Wildman–Crippen LogP) is 6.58. The van der Waals surface area contributed by atoms with Crippen molar-refractivity contribution in [2.24, 2.45) is 5.16 Å². The van der Waals surface area contributed by atoms with Crippen molar-refractivity contribution in [2.75, 3.05) is 5.32 Å². The Balaban J connectivity index is 1.88. The fraction of sp³-hybridized carbons (Fsp3) is 0.333. The SMILES string of the molecule is Cc1cc(C2=NOC(c3cc(Cl)cc(Cl)c3)(C(F)(F)F)C2)ccc1NC(=S)NC(C)C. The molecule has 0 spiro atoms. The molecule has 0 saturated heterocycles. The normalized spacial score (nSPS) is 18.5. The number of alkyl halides is 3. The van der Waals surface area contributed by atoms with Crippen molar-refractivity contribution >= 4 is 51.9 Å². The van der Waals surface area contributed by atoms with Crippen molar-refractivity contribution in [1.29, 1.82) is 0 Å². The van der Waals surface area contributed by atoms with Crippen LogP contribution in [0.2, 0.25) is 10.0 Å². The first kappa shape index (κ1) is 23.6. The van der Waals surface area contributed by atoms with Gasteiger partial charge < -0.3 is 15.5 Å². The van der Waals surface area contributed by atoms with Crippen LogP contribution in [-0.2, 0) is 10.4 Å². The number of halogens is 5. The Morgan fingerprint density at radius 3 is 2.35 bits per heavy atom. The molecule has 0 radical (unpaired) electrons. The topological polar surface area (TPSA) is 45.6 Å². The van der Waals surface area contributed by atoms with Crippen LogP contribution in [0.1, 0.15) is 37.0 Å². The lowest BCUT2D eigenvalue weighted by Crippen LogP contribution is -2.42. The summed E-state index contributed by atoms with van der Waals surface area (Å²) in [6.07, 6.45) is -5.25. The van der Waals surface area contributed by atoms with Gasteiger partial charge in [-0.25, -0.2) is 0 Å². The number of nitrogens with zero attached hydrogens (tertiary/aromatic N) is 1. The molecule has 0 saturated carbocycles. The molecular formula is C21H20Cl2F3N3OS. The van der Waals surface area contributed by atoms with E-state index in [-0.39, 0.29) is 27.4 Å². The number of rotatable bonds is 4. The van der Waals surface area contributed by atoms with E-state index in [9.17, 15) is 13.2 Å². The predicted molar refractivity (Wildman–Crippen MR) is 122 cm³/mol. The van der Waals surface area contributed by atoms with Gasteiger partial charge in [0.25, 0.3) is 5.60 Å². The van der Waals surface area contributed by atoms with E-state index in [0.29, 0.717) is 10.7 Å². The number of anilines is 1. The second kappa shape index (κ2) is 8.84. The van der Waals surface area contributed by atoms with E-state index in [1.54, 1.807) is 18.2 Å². The molecule has 10 heteroatoms. The summed E-state index contributed by atoms with van der Waals surface area (Å²) in [6.45, 7) is 5.75. The molecule has 166 valence electrons. The van der Waals surface area contributed by atoms with Gasteiger partial charge in [0, 0.05) is 33.8 Å². The summed E-state index contributed by atoms with van der Waals surface area (Å²) in [5, 5.41) is 10.6. The maximum absolute atomic E-state index is 14.1. The van der Waals surface area contributed by atoms with E-state index >= 15 is 0 Å². The third kappa shape index (κ3) is 5.07. The fourth-order valence-corrected chi connectivity index (χ4v) is 4.12. The number of hydrogen-bond donors (Lipinski definition) is 2. The van der Waals surface area contributed by atoms with Crippen LogP contribution in [-0.4, -0.2) is 23.0 Å². The molecule has 0 aromatic heterocycles. The van der Waals surface area contributed by atoms with Gasteiger partial charge in [-0.1, -0.05) is 34.4 Å². The first-order valence-electron chi connectivity index (χ1n) is 9.38.